The van der Waals surface area contributed by atoms with Crippen LogP contribution in [0, 0.1) is 11.7 Å². The molecule has 2 unspecified atom stereocenters. The molecule has 2 atom stereocenters. The molecule has 2 amide bonds. The fraction of sp³-hybridized carbons (Fsp3) is 0.344. The monoisotopic (exact) mass is 616 g/mol. The lowest BCUT2D eigenvalue weighted by Crippen LogP contribution is -2.62. The normalized spacial score (nSPS) is 17.1. The lowest BCUT2D eigenvalue weighted by molar-refractivity contribution is -0.166. The Bertz CT molecular complexity index is 1240. The zero-order valence-electron chi connectivity index (χ0n) is 23.4. The van der Waals surface area contributed by atoms with Crippen molar-refractivity contribution < 1.29 is 28.6 Å². The van der Waals surface area contributed by atoms with Crippen molar-refractivity contribution in [1.82, 2.24) is 9.80 Å². The summed E-state index contributed by atoms with van der Waals surface area (Å²) in [5.41, 5.74) is 0.784. The van der Waals surface area contributed by atoms with Crippen molar-refractivity contribution in [3.63, 3.8) is 0 Å². The molecule has 3 aromatic rings. The van der Waals surface area contributed by atoms with Gasteiger partial charge in [-0.2, -0.15) is 0 Å². The fourth-order valence-electron chi connectivity index (χ4n) is 4.49. The van der Waals surface area contributed by atoms with Gasteiger partial charge in [-0.3, -0.25) is 14.4 Å². The van der Waals surface area contributed by atoms with Gasteiger partial charge < -0.3 is 19.6 Å². The topological polar surface area (TPSA) is 87.2 Å². The molecule has 0 radical (unpaired) electrons. The molecule has 10 heteroatoms. The number of aliphatic carboxylic acids is 1. The Hall–Kier alpha value is -3.46. The third-order valence-corrected chi connectivity index (χ3v) is 7.28. The number of halogens is 3. The highest BCUT2D eigenvalue weighted by atomic mass is 35.5. The van der Waals surface area contributed by atoms with E-state index in [1.54, 1.807) is 17.0 Å². The van der Waals surface area contributed by atoms with E-state index in [0.29, 0.717) is 26.0 Å². The first kappa shape index (κ1) is 33.0. The smallest absolute Gasteiger partial charge is 0.310 e. The predicted molar refractivity (Wildman–Crippen MR) is 161 cm³/mol. The molecule has 0 bridgehead atoms. The van der Waals surface area contributed by atoms with Crippen molar-refractivity contribution in [2.45, 2.75) is 38.3 Å². The summed E-state index contributed by atoms with van der Waals surface area (Å²) >= 11 is 11.1. The molecular weight excluding hydrogens is 582 g/mol. The van der Waals surface area contributed by atoms with E-state index in [9.17, 15) is 18.8 Å². The van der Waals surface area contributed by atoms with Crippen molar-refractivity contribution in [2.24, 2.45) is 5.92 Å². The Balaban J connectivity index is 0.000000280. The van der Waals surface area contributed by atoms with E-state index < -0.39 is 24.0 Å². The van der Waals surface area contributed by atoms with Gasteiger partial charge in [0.2, 0.25) is 5.91 Å². The zero-order chi connectivity index (χ0) is 30.5. The van der Waals surface area contributed by atoms with Crippen molar-refractivity contribution >= 4 is 41.0 Å². The summed E-state index contributed by atoms with van der Waals surface area (Å²) in [6.45, 7) is 2.96. The Morgan fingerprint density at radius 2 is 1.50 bits per heavy atom. The summed E-state index contributed by atoms with van der Waals surface area (Å²) in [6.07, 6.45) is 0.838. The van der Waals surface area contributed by atoms with Gasteiger partial charge in [0.25, 0.3) is 5.91 Å². The van der Waals surface area contributed by atoms with E-state index in [1.165, 1.54) is 17.0 Å². The van der Waals surface area contributed by atoms with Gasteiger partial charge in [-0.1, -0.05) is 85.1 Å². The van der Waals surface area contributed by atoms with Crippen molar-refractivity contribution in [2.75, 3.05) is 26.2 Å². The number of nitrogens with zero attached hydrogens (tertiary/aromatic N) is 2. The average molecular weight is 618 g/mol. The lowest BCUT2D eigenvalue weighted by atomic mass is 9.97. The van der Waals surface area contributed by atoms with Gasteiger partial charge in [-0.05, 0) is 48.4 Å². The average Bonchev–Trinajstić information content (AvgIpc) is 2.95. The molecule has 224 valence electrons. The molecule has 2 heterocycles. The molecule has 42 heavy (non-hydrogen) atoms. The molecule has 0 aromatic heterocycles. The second-order valence-corrected chi connectivity index (χ2v) is 10.8. The molecule has 2 aliphatic rings. The summed E-state index contributed by atoms with van der Waals surface area (Å²) in [5.74, 6) is -2.23. The van der Waals surface area contributed by atoms with Gasteiger partial charge in [0.05, 0.1) is 12.5 Å². The van der Waals surface area contributed by atoms with E-state index in [0.717, 1.165) is 22.0 Å². The second kappa shape index (κ2) is 16.9. The number of likely N-dealkylation sites (tertiary alicyclic amines) is 1. The SMILES string of the molecule is CCCC(C(=O)N1CC(C(=O)O)C1)N1CCOC(Cc2ccc(F)cc2)C1=O.Clc1ccccc1.Clc1ccccc1. The van der Waals surface area contributed by atoms with Crippen molar-refractivity contribution in [1.29, 1.82) is 0 Å². The number of hydrogen-bond donors (Lipinski definition) is 1. The van der Waals surface area contributed by atoms with Crippen LogP contribution in [0.5, 0.6) is 0 Å². The Labute approximate surface area is 255 Å². The highest BCUT2D eigenvalue weighted by Gasteiger charge is 2.42. The van der Waals surface area contributed by atoms with Crippen molar-refractivity contribution in [3.05, 3.63) is 106 Å². The number of morpholine rings is 1. The summed E-state index contributed by atoms with van der Waals surface area (Å²) in [4.78, 5) is 39.9. The standard InChI is InChI=1S/C20H25FN2O5.2C6H5Cl/c1-2-3-16(18(24)22-11-14(12-22)20(26)27)23-8-9-28-17(19(23)25)10-13-4-6-15(21)7-5-13;2*7-6-4-2-1-3-5-6/h4-7,14,16-17H,2-3,8-12H2,1H3,(H,26,27);2*1-5H. The number of ether oxygens (including phenoxy) is 1. The first-order chi connectivity index (χ1) is 20.2. The zero-order valence-corrected chi connectivity index (χ0v) is 24.9. The maximum absolute atomic E-state index is 13.1. The van der Waals surface area contributed by atoms with E-state index in [2.05, 4.69) is 0 Å². The van der Waals surface area contributed by atoms with Crippen LogP contribution in [0.15, 0.2) is 84.9 Å². The molecule has 1 N–H and O–H groups in total. The van der Waals surface area contributed by atoms with Crippen LogP contribution in [0.3, 0.4) is 0 Å². The minimum Gasteiger partial charge on any atom is -0.481 e. The maximum atomic E-state index is 13.1. The Morgan fingerprint density at radius 3 is 1.95 bits per heavy atom. The quantitative estimate of drug-likeness (QED) is 0.352. The first-order valence-corrected chi connectivity index (χ1v) is 14.5. The highest BCUT2D eigenvalue weighted by Crippen LogP contribution is 2.23. The van der Waals surface area contributed by atoms with Gasteiger partial charge in [0.15, 0.2) is 0 Å². The molecule has 0 spiro atoms. The van der Waals surface area contributed by atoms with Crippen LogP contribution < -0.4 is 0 Å². The molecule has 0 saturated carbocycles. The third kappa shape index (κ3) is 10.1. The Morgan fingerprint density at radius 1 is 0.952 bits per heavy atom. The number of carboxylic acid groups (broad SMARTS) is 1. The van der Waals surface area contributed by atoms with Gasteiger partial charge in [-0.25, -0.2) is 4.39 Å². The molecular formula is C32H35Cl2FN2O5. The number of carbonyl (C=O) groups excluding carboxylic acids is 2. The minimum absolute atomic E-state index is 0.186. The van der Waals surface area contributed by atoms with E-state index >= 15 is 0 Å². The summed E-state index contributed by atoms with van der Waals surface area (Å²) < 4.78 is 18.7. The highest BCUT2D eigenvalue weighted by molar-refractivity contribution is 6.30. The number of hydrogen-bond acceptors (Lipinski definition) is 4. The predicted octanol–water partition coefficient (Wildman–Crippen LogP) is 5.99. The molecule has 2 fully saturated rings. The van der Waals surface area contributed by atoms with Gasteiger partial charge in [-0.15, -0.1) is 0 Å². The van der Waals surface area contributed by atoms with Crippen LogP contribution in [-0.4, -0.2) is 71.1 Å². The summed E-state index contributed by atoms with van der Waals surface area (Å²) in [5, 5.41) is 10.6. The molecule has 0 aliphatic carbocycles. The molecule has 2 saturated heterocycles. The molecule has 2 aliphatic heterocycles. The number of carboxylic acids is 1. The molecule has 3 aromatic carbocycles. The summed E-state index contributed by atoms with van der Waals surface area (Å²) in [6, 6.07) is 24.2. The van der Waals surface area contributed by atoms with Crippen LogP contribution in [0.25, 0.3) is 0 Å². The first-order valence-electron chi connectivity index (χ1n) is 13.8. The Kier molecular flexibility index (Phi) is 13.3. The minimum atomic E-state index is -0.905. The number of benzene rings is 3. The van der Waals surface area contributed by atoms with Gasteiger partial charge >= 0.3 is 5.97 Å². The largest absolute Gasteiger partial charge is 0.481 e. The summed E-state index contributed by atoms with van der Waals surface area (Å²) in [7, 11) is 0. The van der Waals surface area contributed by atoms with Gasteiger partial charge in [0, 0.05) is 36.1 Å². The number of rotatable bonds is 7. The molecule has 5 rings (SSSR count). The maximum Gasteiger partial charge on any atom is 0.310 e. The van der Waals surface area contributed by atoms with Crippen molar-refractivity contribution in [3.8, 4) is 0 Å². The third-order valence-electron chi connectivity index (χ3n) is 6.78. The van der Waals surface area contributed by atoms with E-state index in [4.69, 9.17) is 33.0 Å². The van der Waals surface area contributed by atoms with Crippen LogP contribution in [0.2, 0.25) is 10.0 Å². The fourth-order valence-corrected chi connectivity index (χ4v) is 4.78. The lowest BCUT2D eigenvalue weighted by Gasteiger charge is -2.43. The van der Waals surface area contributed by atoms with Crippen LogP contribution >= 0.6 is 23.2 Å². The van der Waals surface area contributed by atoms with Gasteiger partial charge in [0.1, 0.15) is 18.0 Å². The van der Waals surface area contributed by atoms with Crippen LogP contribution in [0.4, 0.5) is 4.39 Å². The second-order valence-electron chi connectivity index (χ2n) is 9.90. The molecule has 7 nitrogen and oxygen atoms in total. The van der Waals surface area contributed by atoms with Crippen LogP contribution in [-0.2, 0) is 25.5 Å². The number of carbonyl (C=O) groups is 3. The number of amides is 2. The van der Waals surface area contributed by atoms with Crippen LogP contribution in [0.1, 0.15) is 25.3 Å². The van der Waals surface area contributed by atoms with E-state index in [1.807, 2.05) is 67.6 Å². The van der Waals surface area contributed by atoms with E-state index in [-0.39, 0.29) is 30.7 Å².